The van der Waals surface area contributed by atoms with Gasteiger partial charge in [-0.1, -0.05) is 44.2 Å². The summed E-state index contributed by atoms with van der Waals surface area (Å²) in [7, 11) is 1.52. The Labute approximate surface area is 264 Å². The predicted octanol–water partition coefficient (Wildman–Crippen LogP) is 4.27. The van der Waals surface area contributed by atoms with Crippen LogP contribution in [0.1, 0.15) is 75.6 Å². The smallest absolute Gasteiger partial charge is 0.254 e. The summed E-state index contributed by atoms with van der Waals surface area (Å²) in [5.74, 6) is -4.04. The van der Waals surface area contributed by atoms with Crippen LogP contribution in [0.25, 0.3) is 0 Å². The van der Waals surface area contributed by atoms with Crippen LogP contribution in [-0.4, -0.2) is 66.6 Å². The van der Waals surface area contributed by atoms with Crippen molar-refractivity contribution in [3.8, 4) is 0 Å². The summed E-state index contributed by atoms with van der Waals surface area (Å²) in [5, 5.41) is 17.6. The van der Waals surface area contributed by atoms with Gasteiger partial charge in [0.15, 0.2) is 0 Å². The molecule has 0 aliphatic rings. The molecule has 0 bridgehead atoms. The molecule has 3 atom stereocenters. The van der Waals surface area contributed by atoms with Gasteiger partial charge in [-0.05, 0) is 79.1 Å². The third-order valence-electron chi connectivity index (χ3n) is 7.73. The van der Waals surface area contributed by atoms with Crippen LogP contribution in [0.3, 0.4) is 0 Å². The molecule has 45 heavy (non-hydrogen) atoms. The minimum Gasteiger partial charge on any atom is -0.391 e. The largest absolute Gasteiger partial charge is 0.391 e. The number of amides is 3. The number of nitrogens with zero attached hydrogens (tertiary/aromatic N) is 1. The first-order valence-electron chi connectivity index (χ1n) is 15.3. The van der Waals surface area contributed by atoms with Gasteiger partial charge >= 0.3 is 0 Å². The molecule has 0 saturated carbocycles. The van der Waals surface area contributed by atoms with Crippen molar-refractivity contribution in [3.63, 3.8) is 0 Å². The summed E-state index contributed by atoms with van der Waals surface area (Å²) in [6, 6.07) is 14.9. The van der Waals surface area contributed by atoms with E-state index in [1.54, 1.807) is 24.0 Å². The first-order chi connectivity index (χ1) is 21.5. The quantitative estimate of drug-likeness (QED) is 0.190. The molecule has 0 radical (unpaired) electrons. The Morgan fingerprint density at radius 2 is 1.49 bits per heavy atom. The molecule has 10 heteroatoms. The minimum absolute atomic E-state index is 0.0411. The third kappa shape index (κ3) is 9.67. The van der Waals surface area contributed by atoms with Crippen molar-refractivity contribution in [1.29, 1.82) is 0 Å². The number of halogens is 2. The fourth-order valence-corrected chi connectivity index (χ4v) is 5.70. The highest BCUT2D eigenvalue weighted by Gasteiger charge is 2.33. The van der Waals surface area contributed by atoms with E-state index in [0.717, 1.165) is 23.8 Å². The highest BCUT2D eigenvalue weighted by molar-refractivity contribution is 6.02. The van der Waals surface area contributed by atoms with Gasteiger partial charge < -0.3 is 26.4 Å². The highest BCUT2D eigenvalue weighted by atomic mass is 19.1. The molecule has 3 amide bonds. The SMILES string of the molecule is CCCN(CCC)C(=O)c1cc(C)cc(C(N)=O)c1[C@H](Cc1cc(F)cc(F)c1)[C@@H](O)CN[C@@H](Cc1ccccc1)C(=O)NC. The fraction of sp³-hybridized carbons (Fsp3) is 0.400. The van der Waals surface area contributed by atoms with Gasteiger partial charge in [-0.2, -0.15) is 0 Å². The maximum Gasteiger partial charge on any atom is 0.254 e. The predicted molar refractivity (Wildman–Crippen MR) is 171 cm³/mol. The van der Waals surface area contributed by atoms with E-state index in [1.165, 1.54) is 7.05 Å². The second-order valence-corrected chi connectivity index (χ2v) is 11.4. The number of likely N-dealkylation sites (N-methyl/N-ethyl adjacent to an activating group) is 1. The number of benzene rings is 3. The lowest BCUT2D eigenvalue weighted by molar-refractivity contribution is -0.122. The van der Waals surface area contributed by atoms with E-state index in [1.807, 2.05) is 44.2 Å². The molecule has 3 aromatic rings. The molecule has 0 fully saturated rings. The molecule has 242 valence electrons. The molecular weight excluding hydrogens is 578 g/mol. The third-order valence-corrected chi connectivity index (χ3v) is 7.73. The van der Waals surface area contributed by atoms with Gasteiger partial charge in [0.05, 0.1) is 12.1 Å². The van der Waals surface area contributed by atoms with Crippen molar-refractivity contribution >= 4 is 17.7 Å². The van der Waals surface area contributed by atoms with Gasteiger partial charge in [0.25, 0.3) is 5.91 Å². The van der Waals surface area contributed by atoms with Gasteiger partial charge in [0.1, 0.15) is 11.6 Å². The number of primary amides is 1. The molecule has 0 aliphatic carbocycles. The van der Waals surface area contributed by atoms with E-state index in [0.29, 0.717) is 37.9 Å². The molecule has 3 rings (SSSR count). The van der Waals surface area contributed by atoms with Gasteiger partial charge in [0, 0.05) is 49.8 Å². The molecule has 5 N–H and O–H groups in total. The van der Waals surface area contributed by atoms with E-state index in [9.17, 15) is 28.3 Å². The Balaban J connectivity index is 2.13. The number of hydrogen-bond acceptors (Lipinski definition) is 5. The maximum atomic E-state index is 14.3. The summed E-state index contributed by atoms with van der Waals surface area (Å²) in [4.78, 5) is 41.4. The van der Waals surface area contributed by atoms with Crippen LogP contribution in [0.5, 0.6) is 0 Å². The van der Waals surface area contributed by atoms with Crippen molar-refractivity contribution in [2.24, 2.45) is 5.73 Å². The van der Waals surface area contributed by atoms with Gasteiger partial charge in [0.2, 0.25) is 11.8 Å². The van der Waals surface area contributed by atoms with Gasteiger partial charge in [-0.3, -0.25) is 14.4 Å². The van der Waals surface area contributed by atoms with E-state index >= 15 is 0 Å². The molecule has 0 heterocycles. The first-order valence-corrected chi connectivity index (χ1v) is 15.3. The van der Waals surface area contributed by atoms with Crippen molar-refractivity contribution in [1.82, 2.24) is 15.5 Å². The van der Waals surface area contributed by atoms with Gasteiger partial charge in [-0.15, -0.1) is 0 Å². The van der Waals surface area contributed by atoms with Crippen LogP contribution in [0.2, 0.25) is 0 Å². The number of carbonyl (C=O) groups excluding carboxylic acids is 3. The summed E-state index contributed by atoms with van der Waals surface area (Å²) in [6.45, 7) is 6.46. The van der Waals surface area contributed by atoms with E-state index in [-0.39, 0.29) is 47.0 Å². The zero-order valence-corrected chi connectivity index (χ0v) is 26.4. The number of nitrogens with two attached hydrogens (primary N) is 1. The second kappa shape index (κ2) is 16.8. The Bertz CT molecular complexity index is 1440. The van der Waals surface area contributed by atoms with E-state index < -0.39 is 35.6 Å². The summed E-state index contributed by atoms with van der Waals surface area (Å²) < 4.78 is 28.6. The molecule has 0 aliphatic heterocycles. The lowest BCUT2D eigenvalue weighted by atomic mass is 9.80. The second-order valence-electron chi connectivity index (χ2n) is 11.4. The number of aliphatic hydroxyl groups is 1. The van der Waals surface area contributed by atoms with Crippen LogP contribution < -0.4 is 16.4 Å². The number of rotatable bonds is 16. The molecule has 3 aromatic carbocycles. The van der Waals surface area contributed by atoms with Crippen LogP contribution in [0, 0.1) is 18.6 Å². The highest BCUT2D eigenvalue weighted by Crippen LogP contribution is 2.33. The Kier molecular flexibility index (Phi) is 13.2. The molecule has 0 spiro atoms. The summed E-state index contributed by atoms with van der Waals surface area (Å²) in [6.07, 6.45) is 0.313. The molecular formula is C35H44F2N4O4. The zero-order valence-electron chi connectivity index (χ0n) is 26.4. The van der Waals surface area contributed by atoms with E-state index in [4.69, 9.17) is 5.73 Å². The first kappa shape index (κ1) is 35.3. The maximum absolute atomic E-state index is 14.3. The average molecular weight is 623 g/mol. The fourth-order valence-electron chi connectivity index (χ4n) is 5.70. The summed E-state index contributed by atoms with van der Waals surface area (Å²) >= 11 is 0. The van der Waals surface area contributed by atoms with Crippen molar-refractivity contribution in [2.75, 3.05) is 26.7 Å². The lowest BCUT2D eigenvalue weighted by Crippen LogP contribution is -2.48. The number of carbonyl (C=O) groups is 3. The number of aliphatic hydroxyl groups excluding tert-OH is 1. The van der Waals surface area contributed by atoms with Crippen molar-refractivity contribution < 1.29 is 28.3 Å². The lowest BCUT2D eigenvalue weighted by Gasteiger charge is -2.31. The number of aryl methyl sites for hydroxylation is 1. The number of nitrogens with one attached hydrogen (secondary N) is 2. The van der Waals surface area contributed by atoms with Crippen LogP contribution in [0.15, 0.2) is 60.7 Å². The number of hydrogen-bond donors (Lipinski definition) is 4. The van der Waals surface area contributed by atoms with Crippen LogP contribution in [0.4, 0.5) is 8.78 Å². The Hall–Kier alpha value is -4.15. The molecule has 8 nitrogen and oxygen atoms in total. The van der Waals surface area contributed by atoms with Crippen molar-refractivity contribution in [3.05, 3.63) is 106 Å². The molecule has 0 saturated heterocycles. The van der Waals surface area contributed by atoms with Crippen LogP contribution >= 0.6 is 0 Å². The Morgan fingerprint density at radius 3 is 2.04 bits per heavy atom. The monoisotopic (exact) mass is 622 g/mol. The topological polar surface area (TPSA) is 125 Å². The molecule has 0 aromatic heterocycles. The standard InChI is InChI=1S/C35H44F2N4O4/c1-5-12-41(13-6-2)35(45)29-15-22(3)14-28(33(38)43)32(29)27(18-24-16-25(36)20-26(37)17-24)31(42)21-40-30(34(44)39-4)19-23-10-8-7-9-11-23/h7-11,14-17,20,27,30-31,40,42H,5-6,12-13,18-19,21H2,1-4H3,(H2,38,43)(H,39,44)/t27-,30+,31+/m1/s1. The van der Waals surface area contributed by atoms with E-state index in [2.05, 4.69) is 10.6 Å². The summed E-state index contributed by atoms with van der Waals surface area (Å²) in [5.41, 5.74) is 8.03. The normalized spacial score (nSPS) is 13.1. The van der Waals surface area contributed by atoms with Gasteiger partial charge in [-0.25, -0.2) is 8.78 Å². The van der Waals surface area contributed by atoms with Crippen LogP contribution in [-0.2, 0) is 17.6 Å². The Morgan fingerprint density at radius 1 is 0.889 bits per heavy atom. The molecule has 0 unspecified atom stereocenters. The zero-order chi connectivity index (χ0) is 33.1. The average Bonchev–Trinajstić information content (AvgIpc) is 3.00. The van der Waals surface area contributed by atoms with Crippen molar-refractivity contribution in [2.45, 2.75) is 64.5 Å². The minimum atomic E-state index is -1.31.